The number of hydrogen-bond acceptors (Lipinski definition) is 4. The van der Waals surface area contributed by atoms with Crippen LogP contribution >= 0.6 is 0 Å². The highest BCUT2D eigenvalue weighted by atomic mass is 32.2. The summed E-state index contributed by atoms with van der Waals surface area (Å²) < 4.78 is 33.4. The topological polar surface area (TPSA) is 84.1 Å². The fourth-order valence-corrected chi connectivity index (χ4v) is 3.61. The molecule has 0 bridgehead atoms. The molecule has 1 N–H and O–H groups in total. The maximum Gasteiger partial charge on any atom is 0.232 e. The molecule has 0 saturated heterocycles. The molecular weight excluding hydrogens is 350 g/mol. The van der Waals surface area contributed by atoms with E-state index in [0.717, 1.165) is 22.2 Å². The minimum absolute atomic E-state index is 0.00545. The van der Waals surface area contributed by atoms with Crippen molar-refractivity contribution < 1.29 is 13.2 Å². The van der Waals surface area contributed by atoms with Crippen molar-refractivity contribution in [3.8, 4) is 23.1 Å². The Kier molecular flexibility index (Phi) is 4.62. The highest BCUT2D eigenvalue weighted by Crippen LogP contribution is 2.35. The lowest BCUT2D eigenvalue weighted by molar-refractivity contribution is 0.415. The zero-order chi connectivity index (χ0) is 18.9. The molecule has 0 unspecified atom stereocenters. The Bertz CT molecular complexity index is 1120. The van der Waals surface area contributed by atoms with Crippen LogP contribution in [0.5, 0.6) is 5.75 Å². The Morgan fingerprint density at radius 3 is 2.65 bits per heavy atom. The highest BCUT2D eigenvalue weighted by molar-refractivity contribution is 7.92. The van der Waals surface area contributed by atoms with E-state index in [0.29, 0.717) is 17.0 Å². The first kappa shape index (κ1) is 17.8. The number of nitrogens with one attached hydrogen (secondary N) is 1. The second-order valence-electron chi connectivity index (χ2n) is 5.86. The number of aryl methyl sites for hydroxylation is 1. The van der Waals surface area contributed by atoms with Gasteiger partial charge in [-0.15, -0.1) is 0 Å². The van der Waals surface area contributed by atoms with Gasteiger partial charge in [-0.1, -0.05) is 12.1 Å². The molecule has 3 aromatic rings. The summed E-state index contributed by atoms with van der Waals surface area (Å²) >= 11 is 0. The maximum absolute atomic E-state index is 11.8. The van der Waals surface area contributed by atoms with Gasteiger partial charge in [0.1, 0.15) is 11.8 Å². The smallest absolute Gasteiger partial charge is 0.232 e. The van der Waals surface area contributed by atoms with Crippen molar-refractivity contribution in [2.45, 2.75) is 6.92 Å². The molecule has 0 radical (unpaired) electrons. The summed E-state index contributed by atoms with van der Waals surface area (Å²) in [7, 11) is 0.103. The highest BCUT2D eigenvalue weighted by Gasteiger charge is 2.18. The second kappa shape index (κ2) is 6.73. The molecule has 134 valence electrons. The second-order valence-corrected chi connectivity index (χ2v) is 7.87. The Morgan fingerprint density at radius 2 is 2.00 bits per heavy atom. The number of anilines is 1. The predicted molar refractivity (Wildman–Crippen MR) is 103 cm³/mol. The van der Waals surface area contributed by atoms with Gasteiger partial charge in [0.25, 0.3) is 0 Å². The molecule has 0 amide bonds. The molecule has 7 heteroatoms. The van der Waals surface area contributed by atoms with Gasteiger partial charge in [0, 0.05) is 29.8 Å². The molecular formula is C19H19N3O3S. The van der Waals surface area contributed by atoms with Gasteiger partial charge in [0.2, 0.25) is 10.0 Å². The first-order chi connectivity index (χ1) is 12.4. The van der Waals surface area contributed by atoms with E-state index in [1.807, 2.05) is 35.9 Å². The van der Waals surface area contributed by atoms with Gasteiger partial charge in [-0.25, -0.2) is 8.42 Å². The van der Waals surface area contributed by atoms with Crippen molar-refractivity contribution in [3.63, 3.8) is 0 Å². The van der Waals surface area contributed by atoms with Crippen molar-refractivity contribution in [1.82, 2.24) is 4.57 Å². The fraction of sp³-hybridized carbons (Fsp3) is 0.211. The first-order valence-corrected chi connectivity index (χ1v) is 9.73. The standard InChI is InChI=1S/C19H19N3O3S/c1-4-26(23,24)21-14-7-5-6-13(10-14)19-17(12-20)16-9-8-15(25-3)11-18(16)22(19)2/h5-11,21H,4H2,1-3H3. The Labute approximate surface area is 152 Å². The van der Waals surface area contributed by atoms with Crippen molar-refractivity contribution >= 4 is 26.6 Å². The molecule has 0 aliphatic heterocycles. The van der Waals surface area contributed by atoms with E-state index < -0.39 is 10.0 Å². The lowest BCUT2D eigenvalue weighted by Crippen LogP contribution is -2.14. The van der Waals surface area contributed by atoms with Gasteiger partial charge in [0.15, 0.2) is 0 Å². The number of hydrogen-bond donors (Lipinski definition) is 1. The van der Waals surface area contributed by atoms with Crippen molar-refractivity contribution in [3.05, 3.63) is 48.0 Å². The average Bonchev–Trinajstić information content (AvgIpc) is 2.93. The van der Waals surface area contributed by atoms with E-state index in [-0.39, 0.29) is 5.75 Å². The third-order valence-corrected chi connectivity index (χ3v) is 5.62. The number of ether oxygens (including phenoxy) is 1. The molecule has 3 rings (SSSR count). The maximum atomic E-state index is 11.8. The predicted octanol–water partition coefficient (Wildman–Crippen LogP) is 3.49. The largest absolute Gasteiger partial charge is 0.497 e. The van der Waals surface area contributed by atoms with Crippen molar-refractivity contribution in [1.29, 1.82) is 5.26 Å². The van der Waals surface area contributed by atoms with Crippen molar-refractivity contribution in [2.24, 2.45) is 7.05 Å². The molecule has 6 nitrogen and oxygen atoms in total. The van der Waals surface area contributed by atoms with E-state index in [1.165, 1.54) is 0 Å². The number of nitrogens with zero attached hydrogens (tertiary/aromatic N) is 2. The fourth-order valence-electron chi connectivity index (χ4n) is 2.98. The number of sulfonamides is 1. The lowest BCUT2D eigenvalue weighted by atomic mass is 10.1. The number of benzene rings is 2. The van der Waals surface area contributed by atoms with E-state index in [9.17, 15) is 13.7 Å². The molecule has 0 aliphatic carbocycles. The molecule has 0 aliphatic rings. The minimum atomic E-state index is -3.37. The quantitative estimate of drug-likeness (QED) is 0.746. The van der Waals surface area contributed by atoms with Crippen LogP contribution in [-0.2, 0) is 17.1 Å². The molecule has 0 fully saturated rings. The van der Waals surface area contributed by atoms with E-state index >= 15 is 0 Å². The van der Waals surface area contributed by atoms with Crippen LogP contribution in [0.15, 0.2) is 42.5 Å². The molecule has 1 heterocycles. The van der Waals surface area contributed by atoms with Crippen LogP contribution in [0.3, 0.4) is 0 Å². The summed E-state index contributed by atoms with van der Waals surface area (Å²) in [5.74, 6) is 0.702. The van der Waals surface area contributed by atoms with Gasteiger partial charge in [-0.05, 0) is 31.2 Å². The Morgan fingerprint density at radius 1 is 1.23 bits per heavy atom. The zero-order valence-corrected chi connectivity index (χ0v) is 15.6. The van der Waals surface area contributed by atoms with Crippen LogP contribution in [-0.4, -0.2) is 25.8 Å². The molecule has 0 saturated carbocycles. The van der Waals surface area contributed by atoms with E-state index in [2.05, 4.69) is 10.8 Å². The Balaban J connectivity index is 2.20. The van der Waals surface area contributed by atoms with E-state index in [4.69, 9.17) is 4.74 Å². The van der Waals surface area contributed by atoms with Crippen LogP contribution in [0.25, 0.3) is 22.2 Å². The summed E-state index contributed by atoms with van der Waals surface area (Å²) in [6.45, 7) is 1.58. The summed E-state index contributed by atoms with van der Waals surface area (Å²) in [6, 6.07) is 14.9. The van der Waals surface area contributed by atoms with Gasteiger partial charge < -0.3 is 9.30 Å². The van der Waals surface area contributed by atoms with Gasteiger partial charge in [-0.2, -0.15) is 5.26 Å². The summed E-state index contributed by atoms with van der Waals surface area (Å²) in [5.41, 5.74) is 3.37. The van der Waals surface area contributed by atoms with Gasteiger partial charge in [-0.3, -0.25) is 4.72 Å². The molecule has 0 atom stereocenters. The molecule has 2 aromatic carbocycles. The van der Waals surface area contributed by atoms with Crippen LogP contribution < -0.4 is 9.46 Å². The van der Waals surface area contributed by atoms with Crippen LogP contribution in [0.2, 0.25) is 0 Å². The lowest BCUT2D eigenvalue weighted by Gasteiger charge is -2.10. The molecule has 1 aromatic heterocycles. The molecule has 26 heavy (non-hydrogen) atoms. The summed E-state index contributed by atoms with van der Waals surface area (Å²) in [4.78, 5) is 0. The number of aromatic nitrogens is 1. The average molecular weight is 369 g/mol. The van der Waals surface area contributed by atoms with Gasteiger partial charge in [0.05, 0.1) is 29.6 Å². The number of methoxy groups -OCH3 is 1. The summed E-state index contributed by atoms with van der Waals surface area (Å²) in [5, 5.41) is 10.5. The summed E-state index contributed by atoms with van der Waals surface area (Å²) in [6.07, 6.45) is 0. The number of rotatable bonds is 5. The SMILES string of the molecule is CCS(=O)(=O)Nc1cccc(-c2c(C#N)c3ccc(OC)cc3n2C)c1. The van der Waals surface area contributed by atoms with Crippen LogP contribution in [0, 0.1) is 11.3 Å². The van der Waals surface area contributed by atoms with Crippen LogP contribution in [0.4, 0.5) is 5.69 Å². The van der Waals surface area contributed by atoms with Crippen molar-refractivity contribution in [2.75, 3.05) is 17.6 Å². The molecule has 0 spiro atoms. The minimum Gasteiger partial charge on any atom is -0.497 e. The first-order valence-electron chi connectivity index (χ1n) is 8.07. The number of nitriles is 1. The normalized spacial score (nSPS) is 11.3. The third-order valence-electron chi connectivity index (χ3n) is 4.31. The third kappa shape index (κ3) is 3.11. The monoisotopic (exact) mass is 369 g/mol. The van der Waals surface area contributed by atoms with Crippen LogP contribution in [0.1, 0.15) is 12.5 Å². The Hall–Kier alpha value is -2.98. The van der Waals surface area contributed by atoms with Gasteiger partial charge >= 0.3 is 0 Å². The number of fused-ring (bicyclic) bond motifs is 1. The van der Waals surface area contributed by atoms with E-state index in [1.54, 1.807) is 32.2 Å². The zero-order valence-electron chi connectivity index (χ0n) is 14.8.